The number of alkyl halides is 3. The van der Waals surface area contributed by atoms with Gasteiger partial charge in [0.05, 0.1) is 18.1 Å². The third-order valence-corrected chi connectivity index (χ3v) is 4.80. The predicted octanol–water partition coefficient (Wildman–Crippen LogP) is 6.47. The second-order valence-corrected chi connectivity index (χ2v) is 6.92. The lowest BCUT2D eigenvalue weighted by Crippen LogP contribution is -2.08. The molecule has 0 aliphatic heterocycles. The predicted molar refractivity (Wildman–Crippen MR) is 117 cm³/mol. The second kappa shape index (κ2) is 8.93. The van der Waals surface area contributed by atoms with Crippen molar-refractivity contribution in [2.45, 2.75) is 6.18 Å². The minimum atomic E-state index is -4.41. The van der Waals surface area contributed by atoms with Crippen LogP contribution in [0.2, 0.25) is 0 Å². The Balaban J connectivity index is 1.57. The second-order valence-electron chi connectivity index (χ2n) is 6.92. The Morgan fingerprint density at radius 2 is 1.81 bits per heavy atom. The highest BCUT2D eigenvalue weighted by molar-refractivity contribution is 6.06. The summed E-state index contributed by atoms with van der Waals surface area (Å²) in [6.45, 7) is 0. The average molecular weight is 434 g/mol. The van der Waals surface area contributed by atoms with Crippen LogP contribution in [0, 0.1) is 0 Å². The van der Waals surface area contributed by atoms with Crippen LogP contribution in [0.1, 0.15) is 16.7 Å². The zero-order valence-corrected chi connectivity index (χ0v) is 16.6. The first-order valence-electron chi connectivity index (χ1n) is 9.64. The summed E-state index contributed by atoms with van der Waals surface area (Å²) in [6.07, 6.45) is 6.46. The standard InChI is InChI=1S/C25H17F3N2O2/c26-25(27,28)20-9-7-17(8-10-20)21(19-12-14-32-16-19)4-2-6-24(31)30-23-5-1-3-18-15-29-13-11-22(18)23/h1-16H,(H,30,31)/b6-2+,21-4-. The topological polar surface area (TPSA) is 55.1 Å². The molecule has 4 nitrogen and oxygen atoms in total. The quantitative estimate of drug-likeness (QED) is 0.289. The van der Waals surface area contributed by atoms with Gasteiger partial charge in [0.1, 0.15) is 0 Å². The van der Waals surface area contributed by atoms with Gasteiger partial charge in [0.25, 0.3) is 0 Å². The maximum Gasteiger partial charge on any atom is 0.416 e. The number of amides is 1. The number of aromatic nitrogens is 1. The van der Waals surface area contributed by atoms with Crippen molar-refractivity contribution in [3.63, 3.8) is 0 Å². The molecule has 0 aliphatic carbocycles. The van der Waals surface area contributed by atoms with Crippen molar-refractivity contribution in [3.05, 3.63) is 114 Å². The third kappa shape index (κ3) is 4.78. The van der Waals surface area contributed by atoms with Crippen LogP contribution in [0.3, 0.4) is 0 Å². The number of hydrogen-bond acceptors (Lipinski definition) is 3. The van der Waals surface area contributed by atoms with Crippen LogP contribution < -0.4 is 5.32 Å². The highest BCUT2D eigenvalue weighted by Gasteiger charge is 2.30. The highest BCUT2D eigenvalue weighted by atomic mass is 19.4. The van der Waals surface area contributed by atoms with E-state index in [1.165, 1.54) is 30.7 Å². The fourth-order valence-electron chi connectivity index (χ4n) is 3.25. The molecular formula is C25H17F3N2O2. The molecule has 7 heteroatoms. The van der Waals surface area contributed by atoms with Gasteiger partial charge < -0.3 is 9.73 Å². The molecule has 1 amide bonds. The largest absolute Gasteiger partial charge is 0.472 e. The molecule has 4 aromatic rings. The number of fused-ring (bicyclic) bond motifs is 1. The fourth-order valence-corrected chi connectivity index (χ4v) is 3.25. The molecule has 2 aromatic carbocycles. The zero-order valence-electron chi connectivity index (χ0n) is 16.6. The molecular weight excluding hydrogens is 417 g/mol. The lowest BCUT2D eigenvalue weighted by atomic mass is 9.98. The van der Waals surface area contributed by atoms with Crippen molar-refractivity contribution in [1.82, 2.24) is 4.98 Å². The Bertz CT molecular complexity index is 1280. The van der Waals surface area contributed by atoms with Crippen LogP contribution in [0.15, 0.2) is 102 Å². The van der Waals surface area contributed by atoms with Crippen molar-refractivity contribution in [2.24, 2.45) is 0 Å². The number of anilines is 1. The molecule has 2 aromatic heterocycles. The molecule has 4 rings (SSSR count). The SMILES string of the molecule is O=C(/C=C/C=C(/c1ccc(C(F)(F)F)cc1)c1ccoc1)Nc1cccc2cnccc12. The third-order valence-electron chi connectivity index (χ3n) is 4.80. The number of pyridine rings is 1. The molecule has 0 radical (unpaired) electrons. The van der Waals surface area contributed by atoms with Crippen molar-refractivity contribution >= 4 is 27.9 Å². The molecule has 0 bridgehead atoms. The van der Waals surface area contributed by atoms with Crippen molar-refractivity contribution in [2.75, 3.05) is 5.32 Å². The number of carbonyl (C=O) groups is 1. The van der Waals surface area contributed by atoms with Gasteiger partial charge >= 0.3 is 6.18 Å². The first kappa shape index (κ1) is 21.1. The number of carbonyl (C=O) groups excluding carboxylic acids is 1. The Hall–Kier alpha value is -4.13. The van der Waals surface area contributed by atoms with E-state index < -0.39 is 11.7 Å². The van der Waals surface area contributed by atoms with Crippen LogP contribution in [0.25, 0.3) is 16.3 Å². The first-order valence-corrected chi connectivity index (χ1v) is 9.64. The summed E-state index contributed by atoms with van der Waals surface area (Å²) in [5, 5.41) is 4.60. The number of rotatable bonds is 5. The van der Waals surface area contributed by atoms with Gasteiger partial charge in [0.2, 0.25) is 5.91 Å². The van der Waals surface area contributed by atoms with Gasteiger partial charge in [0.15, 0.2) is 0 Å². The van der Waals surface area contributed by atoms with Crippen LogP contribution in [0.4, 0.5) is 18.9 Å². The fraction of sp³-hybridized carbons (Fsp3) is 0.0400. The minimum absolute atomic E-state index is 0.343. The molecule has 0 aliphatic rings. The molecule has 0 saturated carbocycles. The molecule has 2 heterocycles. The normalized spacial score (nSPS) is 12.4. The number of hydrogen-bond donors (Lipinski definition) is 1. The molecule has 32 heavy (non-hydrogen) atoms. The lowest BCUT2D eigenvalue weighted by Gasteiger charge is -2.09. The van der Waals surface area contributed by atoms with Crippen molar-refractivity contribution in [1.29, 1.82) is 0 Å². The molecule has 160 valence electrons. The summed E-state index contributed by atoms with van der Waals surface area (Å²) in [4.78, 5) is 16.5. The van der Waals surface area contributed by atoms with Gasteiger partial charge in [-0.1, -0.05) is 36.4 Å². The molecule has 0 atom stereocenters. The van der Waals surface area contributed by atoms with Gasteiger partial charge in [-0.25, -0.2) is 0 Å². The molecule has 0 unspecified atom stereocenters. The van der Waals surface area contributed by atoms with E-state index in [1.54, 1.807) is 36.7 Å². The van der Waals surface area contributed by atoms with Crippen LogP contribution in [-0.2, 0) is 11.0 Å². The van der Waals surface area contributed by atoms with Gasteiger partial charge in [-0.15, -0.1) is 0 Å². The molecule has 0 spiro atoms. The Labute approximate surface area is 181 Å². The number of nitrogens with one attached hydrogen (secondary N) is 1. The van der Waals surface area contributed by atoms with Crippen molar-refractivity contribution < 1.29 is 22.4 Å². The van der Waals surface area contributed by atoms with E-state index in [-0.39, 0.29) is 5.91 Å². The van der Waals surface area contributed by atoms with E-state index in [0.717, 1.165) is 22.9 Å². The van der Waals surface area contributed by atoms with E-state index >= 15 is 0 Å². The molecule has 1 N–H and O–H groups in total. The summed E-state index contributed by atoms with van der Waals surface area (Å²) in [6, 6.07) is 13.9. The van der Waals surface area contributed by atoms with E-state index in [4.69, 9.17) is 4.42 Å². The van der Waals surface area contributed by atoms with Crippen LogP contribution in [0.5, 0.6) is 0 Å². The Kier molecular flexibility index (Phi) is 5.89. The number of furan rings is 1. The lowest BCUT2D eigenvalue weighted by molar-refractivity contribution is -0.137. The van der Waals surface area contributed by atoms with Crippen LogP contribution >= 0.6 is 0 Å². The minimum Gasteiger partial charge on any atom is -0.472 e. The Morgan fingerprint density at radius 3 is 2.53 bits per heavy atom. The highest BCUT2D eigenvalue weighted by Crippen LogP contribution is 2.31. The summed E-state index contributed by atoms with van der Waals surface area (Å²) in [5.41, 5.74) is 1.78. The smallest absolute Gasteiger partial charge is 0.416 e. The van der Waals surface area contributed by atoms with Gasteiger partial charge in [-0.05, 0) is 41.5 Å². The van der Waals surface area contributed by atoms with E-state index in [9.17, 15) is 18.0 Å². The van der Waals surface area contributed by atoms with Crippen LogP contribution in [-0.4, -0.2) is 10.9 Å². The number of allylic oxidation sites excluding steroid dienone is 2. The van der Waals surface area contributed by atoms with E-state index in [1.807, 2.05) is 18.2 Å². The molecule has 0 saturated heterocycles. The Morgan fingerprint density at radius 1 is 1.00 bits per heavy atom. The zero-order chi connectivity index (χ0) is 22.6. The number of nitrogens with zero attached hydrogens (tertiary/aromatic N) is 1. The summed E-state index contributed by atoms with van der Waals surface area (Å²) in [5.74, 6) is -0.343. The summed E-state index contributed by atoms with van der Waals surface area (Å²) < 4.78 is 43.7. The van der Waals surface area contributed by atoms with E-state index in [2.05, 4.69) is 10.3 Å². The van der Waals surface area contributed by atoms with Gasteiger partial charge in [0, 0.05) is 40.5 Å². The number of benzene rings is 2. The molecule has 0 fully saturated rings. The summed E-state index contributed by atoms with van der Waals surface area (Å²) >= 11 is 0. The first-order chi connectivity index (χ1) is 15.4. The maximum atomic E-state index is 12.9. The number of halogens is 3. The van der Waals surface area contributed by atoms with E-state index in [0.29, 0.717) is 22.4 Å². The summed E-state index contributed by atoms with van der Waals surface area (Å²) in [7, 11) is 0. The van der Waals surface area contributed by atoms with Crippen molar-refractivity contribution in [3.8, 4) is 0 Å². The van der Waals surface area contributed by atoms with Gasteiger partial charge in [-0.3, -0.25) is 9.78 Å². The maximum absolute atomic E-state index is 12.9. The monoisotopic (exact) mass is 434 g/mol. The van der Waals surface area contributed by atoms with Gasteiger partial charge in [-0.2, -0.15) is 13.2 Å². The average Bonchev–Trinajstić information content (AvgIpc) is 3.31.